The Morgan fingerprint density at radius 3 is 2.64 bits per heavy atom. The van der Waals surface area contributed by atoms with E-state index in [1.807, 2.05) is 44.2 Å². The molecule has 3 amide bonds. The number of hydrogen-bond donors (Lipinski definition) is 0. The van der Waals surface area contributed by atoms with E-state index in [0.29, 0.717) is 56.6 Å². The first-order chi connectivity index (χ1) is 17.4. The van der Waals surface area contributed by atoms with Crippen molar-refractivity contribution in [1.29, 1.82) is 0 Å². The van der Waals surface area contributed by atoms with Crippen molar-refractivity contribution in [3.8, 4) is 11.5 Å². The van der Waals surface area contributed by atoms with Gasteiger partial charge in [-0.25, -0.2) is 0 Å². The van der Waals surface area contributed by atoms with E-state index in [0.717, 1.165) is 31.4 Å². The molecule has 0 bridgehead atoms. The number of halogens is 1. The summed E-state index contributed by atoms with van der Waals surface area (Å²) in [4.78, 5) is 40.9. The smallest absolute Gasteiger partial charge is 0.294 e. The summed E-state index contributed by atoms with van der Waals surface area (Å²) in [6, 6.07) is 11.7. The Bertz CT molecular complexity index is 1190. The topological polar surface area (TPSA) is 85.4 Å². The normalized spacial score (nSPS) is 17.1. The summed E-state index contributed by atoms with van der Waals surface area (Å²) in [5.74, 6) is 0.456. The van der Waals surface area contributed by atoms with Crippen LogP contribution in [-0.2, 0) is 20.9 Å². The summed E-state index contributed by atoms with van der Waals surface area (Å²) in [5, 5.41) is -0.453. The summed E-state index contributed by atoms with van der Waals surface area (Å²) in [5.41, 5.74) is 2.93. The van der Waals surface area contributed by atoms with E-state index in [4.69, 9.17) is 14.2 Å². The molecule has 0 N–H and O–H groups in total. The monoisotopic (exact) mass is 622 g/mol. The highest BCUT2D eigenvalue weighted by Crippen LogP contribution is 2.38. The molecule has 0 atom stereocenters. The number of ether oxygens (including phenoxy) is 3. The van der Waals surface area contributed by atoms with Crippen LogP contribution in [0.15, 0.2) is 41.3 Å². The maximum absolute atomic E-state index is 13.0. The maximum atomic E-state index is 13.0. The highest BCUT2D eigenvalue weighted by Gasteiger charge is 2.37. The van der Waals surface area contributed by atoms with Gasteiger partial charge >= 0.3 is 0 Å². The number of imide groups is 1. The third-order valence-corrected chi connectivity index (χ3v) is 7.50. The zero-order valence-corrected chi connectivity index (χ0v) is 23.1. The molecule has 2 aliphatic heterocycles. The van der Waals surface area contributed by atoms with Gasteiger partial charge in [0.25, 0.3) is 11.1 Å². The van der Waals surface area contributed by atoms with E-state index in [1.165, 1.54) is 0 Å². The van der Waals surface area contributed by atoms with Crippen molar-refractivity contribution in [2.24, 2.45) is 0 Å². The summed E-state index contributed by atoms with van der Waals surface area (Å²) < 4.78 is 18.1. The molecule has 36 heavy (non-hydrogen) atoms. The van der Waals surface area contributed by atoms with Crippen molar-refractivity contribution in [3.63, 3.8) is 0 Å². The molecule has 190 valence electrons. The largest absolute Gasteiger partial charge is 0.490 e. The molecule has 0 spiro atoms. The molecule has 2 aromatic carbocycles. The van der Waals surface area contributed by atoms with Gasteiger partial charge in [0, 0.05) is 13.1 Å². The molecule has 0 aromatic heterocycles. The van der Waals surface area contributed by atoms with Crippen LogP contribution in [0.2, 0.25) is 0 Å². The number of rotatable bonds is 8. The highest BCUT2D eigenvalue weighted by molar-refractivity contribution is 14.1. The number of nitrogens with zero attached hydrogens (tertiary/aromatic N) is 2. The number of carbonyl (C=O) groups is 3. The van der Waals surface area contributed by atoms with Crippen molar-refractivity contribution in [3.05, 3.63) is 61.6 Å². The van der Waals surface area contributed by atoms with E-state index >= 15 is 0 Å². The molecule has 2 saturated heterocycles. The molecule has 2 aliphatic rings. The highest BCUT2D eigenvalue weighted by atomic mass is 127. The van der Waals surface area contributed by atoms with Gasteiger partial charge < -0.3 is 19.1 Å². The first-order valence-corrected chi connectivity index (χ1v) is 13.5. The number of carbonyl (C=O) groups excluding carboxylic acids is 3. The van der Waals surface area contributed by atoms with Gasteiger partial charge in [0.15, 0.2) is 11.5 Å². The van der Waals surface area contributed by atoms with E-state index in [1.54, 1.807) is 17.0 Å². The van der Waals surface area contributed by atoms with Crippen LogP contribution in [0, 0.1) is 10.5 Å². The average molecular weight is 622 g/mol. The lowest BCUT2D eigenvalue weighted by atomic mass is 10.1. The van der Waals surface area contributed by atoms with Gasteiger partial charge in [-0.3, -0.25) is 19.3 Å². The van der Waals surface area contributed by atoms with Gasteiger partial charge in [-0.2, -0.15) is 0 Å². The van der Waals surface area contributed by atoms with Crippen LogP contribution in [0.4, 0.5) is 4.79 Å². The third kappa shape index (κ3) is 6.22. The Labute approximate surface area is 228 Å². The first kappa shape index (κ1) is 26.5. The average Bonchev–Trinajstić information content (AvgIpc) is 3.12. The predicted molar refractivity (Wildman–Crippen MR) is 146 cm³/mol. The van der Waals surface area contributed by atoms with Crippen LogP contribution >= 0.6 is 34.4 Å². The summed E-state index contributed by atoms with van der Waals surface area (Å²) >= 11 is 3.01. The van der Waals surface area contributed by atoms with Crippen LogP contribution in [0.5, 0.6) is 11.5 Å². The van der Waals surface area contributed by atoms with E-state index < -0.39 is 11.1 Å². The molecule has 0 unspecified atom stereocenters. The van der Waals surface area contributed by atoms with Crippen LogP contribution in [0.25, 0.3) is 6.08 Å². The number of morpholine rings is 1. The molecule has 10 heteroatoms. The Morgan fingerprint density at radius 1 is 1.17 bits per heavy atom. The molecule has 0 saturated carbocycles. The zero-order chi connectivity index (χ0) is 25.7. The minimum absolute atomic E-state index is 0.259. The van der Waals surface area contributed by atoms with Crippen molar-refractivity contribution >= 4 is 57.5 Å². The fourth-order valence-corrected chi connectivity index (χ4v) is 5.45. The van der Waals surface area contributed by atoms with Crippen LogP contribution < -0.4 is 9.47 Å². The number of hydrogen-bond acceptors (Lipinski definition) is 7. The Morgan fingerprint density at radius 2 is 1.92 bits per heavy atom. The van der Waals surface area contributed by atoms with Gasteiger partial charge in [-0.15, -0.1) is 0 Å². The predicted octanol–water partition coefficient (Wildman–Crippen LogP) is 4.47. The molecule has 2 aromatic rings. The van der Waals surface area contributed by atoms with Crippen molar-refractivity contribution in [2.75, 3.05) is 39.5 Å². The van der Waals surface area contributed by atoms with E-state index in [9.17, 15) is 14.4 Å². The van der Waals surface area contributed by atoms with E-state index in [-0.39, 0.29) is 17.4 Å². The molecule has 4 rings (SSSR count). The summed E-state index contributed by atoms with van der Waals surface area (Å²) in [7, 11) is 0. The van der Waals surface area contributed by atoms with Crippen molar-refractivity contribution < 1.29 is 28.6 Å². The quantitative estimate of drug-likeness (QED) is 0.317. The summed E-state index contributed by atoms with van der Waals surface area (Å²) in [6.45, 7) is 6.34. The molecular weight excluding hydrogens is 595 g/mol. The standard InChI is InChI=1S/C26H27IN2O6S/c1-3-34-21-13-18(12-20(27)24(21)35-16-19-7-5-4-6-17(19)2)14-22-25(31)29(26(32)36-22)15-23(30)28-8-10-33-11-9-28/h4-7,12-14H,3,8-11,15-16H2,1-2H3/b22-14-. The second-order valence-electron chi connectivity index (χ2n) is 8.24. The van der Waals surface area contributed by atoms with Crippen LogP contribution in [0.3, 0.4) is 0 Å². The number of amides is 3. The number of benzene rings is 2. The van der Waals surface area contributed by atoms with Crippen LogP contribution in [-0.4, -0.2) is 66.3 Å². The second kappa shape index (κ2) is 12.1. The lowest BCUT2D eigenvalue weighted by molar-refractivity contribution is -0.139. The molecule has 2 heterocycles. The summed E-state index contributed by atoms with van der Waals surface area (Å²) in [6.07, 6.45) is 1.65. The lowest BCUT2D eigenvalue weighted by Gasteiger charge is -2.28. The zero-order valence-electron chi connectivity index (χ0n) is 20.1. The second-order valence-corrected chi connectivity index (χ2v) is 10.4. The van der Waals surface area contributed by atoms with Gasteiger partial charge in [0.05, 0.1) is 28.3 Å². The minimum atomic E-state index is -0.473. The Balaban J connectivity index is 1.51. The minimum Gasteiger partial charge on any atom is -0.490 e. The molecular formula is C26H27IN2O6S. The number of aryl methyl sites for hydroxylation is 1. The van der Waals surface area contributed by atoms with Crippen LogP contribution in [0.1, 0.15) is 23.6 Å². The maximum Gasteiger partial charge on any atom is 0.294 e. The van der Waals surface area contributed by atoms with Gasteiger partial charge in [-0.1, -0.05) is 24.3 Å². The number of thioether (sulfide) groups is 1. The van der Waals surface area contributed by atoms with Gasteiger partial charge in [0.2, 0.25) is 5.91 Å². The Kier molecular flexibility index (Phi) is 8.91. The third-order valence-electron chi connectivity index (χ3n) is 5.79. The molecule has 0 aliphatic carbocycles. The SMILES string of the molecule is CCOc1cc(/C=C2\SC(=O)N(CC(=O)N3CCOCC3)C2=O)cc(I)c1OCc1ccccc1C. The van der Waals surface area contributed by atoms with Crippen molar-refractivity contribution in [1.82, 2.24) is 9.80 Å². The molecule has 2 fully saturated rings. The van der Waals surface area contributed by atoms with Gasteiger partial charge in [-0.05, 0) is 83.1 Å². The van der Waals surface area contributed by atoms with E-state index in [2.05, 4.69) is 22.6 Å². The lowest BCUT2D eigenvalue weighted by Crippen LogP contribution is -2.46. The van der Waals surface area contributed by atoms with Gasteiger partial charge in [0.1, 0.15) is 13.2 Å². The first-order valence-electron chi connectivity index (χ1n) is 11.6. The molecule has 0 radical (unpaired) electrons. The fourth-order valence-electron chi connectivity index (χ4n) is 3.83. The fraction of sp³-hybridized carbons (Fsp3) is 0.346. The Hall–Kier alpha value is -2.57. The molecule has 8 nitrogen and oxygen atoms in total. The van der Waals surface area contributed by atoms with Crippen molar-refractivity contribution in [2.45, 2.75) is 20.5 Å².